The van der Waals surface area contributed by atoms with Gasteiger partial charge in [-0.25, -0.2) is 0 Å². The van der Waals surface area contributed by atoms with Gasteiger partial charge in [-0.05, 0) is 12.5 Å². The molecule has 0 saturated heterocycles. The van der Waals surface area contributed by atoms with Crippen LogP contribution >= 0.6 is 0 Å². The van der Waals surface area contributed by atoms with E-state index in [1.807, 2.05) is 6.92 Å². The van der Waals surface area contributed by atoms with Crippen molar-refractivity contribution >= 4 is 0 Å². The van der Waals surface area contributed by atoms with Crippen molar-refractivity contribution in [2.24, 2.45) is 12.9 Å². The number of alkyl halides is 3. The molecule has 7 heteroatoms. The van der Waals surface area contributed by atoms with Gasteiger partial charge in [-0.1, -0.05) is 6.92 Å². The molecule has 0 aromatic carbocycles. The standard InChI is InChI=1S/C10H17F3N4/c1-3-7-4-9(17(2)16-7)5-8(15-14)6-10(11,12)13/h4,8,15H,3,5-6,14H2,1-2H3. The summed E-state index contributed by atoms with van der Waals surface area (Å²) in [6, 6.07) is 0.982. The maximum atomic E-state index is 12.2. The molecule has 0 bridgehead atoms. The van der Waals surface area contributed by atoms with E-state index in [9.17, 15) is 13.2 Å². The molecule has 0 aliphatic rings. The largest absolute Gasteiger partial charge is 0.390 e. The second-order valence-corrected chi connectivity index (χ2v) is 3.99. The number of halogens is 3. The highest BCUT2D eigenvalue weighted by atomic mass is 19.4. The molecule has 17 heavy (non-hydrogen) atoms. The van der Waals surface area contributed by atoms with Crippen molar-refractivity contribution in [2.45, 2.75) is 38.4 Å². The molecule has 1 heterocycles. The van der Waals surface area contributed by atoms with Gasteiger partial charge < -0.3 is 0 Å². The smallest absolute Gasteiger partial charge is 0.272 e. The second-order valence-electron chi connectivity index (χ2n) is 3.99. The Morgan fingerprint density at radius 2 is 2.18 bits per heavy atom. The van der Waals surface area contributed by atoms with E-state index in [1.165, 1.54) is 0 Å². The molecule has 0 saturated carbocycles. The molecule has 0 radical (unpaired) electrons. The molecule has 1 atom stereocenters. The molecule has 4 nitrogen and oxygen atoms in total. The Kier molecular flexibility index (Phi) is 4.53. The molecular weight excluding hydrogens is 233 g/mol. The van der Waals surface area contributed by atoms with Crippen LogP contribution in [0.1, 0.15) is 24.7 Å². The molecule has 0 aliphatic heterocycles. The first-order valence-electron chi connectivity index (χ1n) is 5.40. The van der Waals surface area contributed by atoms with E-state index in [2.05, 4.69) is 10.5 Å². The molecule has 1 aromatic rings. The summed E-state index contributed by atoms with van der Waals surface area (Å²) in [5, 5.41) is 4.18. The molecule has 98 valence electrons. The van der Waals surface area contributed by atoms with Gasteiger partial charge in [-0.3, -0.25) is 16.0 Å². The van der Waals surface area contributed by atoms with E-state index >= 15 is 0 Å². The van der Waals surface area contributed by atoms with Crippen molar-refractivity contribution in [3.05, 3.63) is 17.5 Å². The van der Waals surface area contributed by atoms with Crippen LogP contribution in [0.2, 0.25) is 0 Å². The molecular formula is C10H17F3N4. The van der Waals surface area contributed by atoms with Gasteiger partial charge in [0.2, 0.25) is 0 Å². The third kappa shape index (κ3) is 4.35. The van der Waals surface area contributed by atoms with Crippen LogP contribution in [0.15, 0.2) is 6.07 Å². The molecule has 0 fully saturated rings. The highest BCUT2D eigenvalue weighted by molar-refractivity contribution is 5.11. The van der Waals surface area contributed by atoms with Gasteiger partial charge in [-0.2, -0.15) is 18.3 Å². The number of rotatable bonds is 5. The maximum absolute atomic E-state index is 12.2. The molecule has 0 aliphatic carbocycles. The first kappa shape index (κ1) is 14.0. The van der Waals surface area contributed by atoms with Crippen molar-refractivity contribution in [1.29, 1.82) is 0 Å². The van der Waals surface area contributed by atoms with Gasteiger partial charge >= 0.3 is 6.18 Å². The first-order valence-corrected chi connectivity index (χ1v) is 5.40. The number of nitrogens with one attached hydrogen (secondary N) is 1. The zero-order valence-electron chi connectivity index (χ0n) is 9.88. The quantitative estimate of drug-likeness (QED) is 0.612. The number of aryl methyl sites for hydroxylation is 2. The number of nitrogens with zero attached hydrogens (tertiary/aromatic N) is 2. The van der Waals surface area contributed by atoms with Crippen LogP contribution in [0.25, 0.3) is 0 Å². The minimum Gasteiger partial charge on any atom is -0.272 e. The van der Waals surface area contributed by atoms with Crippen molar-refractivity contribution in [3.8, 4) is 0 Å². The Labute approximate surface area is 97.9 Å². The van der Waals surface area contributed by atoms with Crippen LogP contribution in [-0.4, -0.2) is 22.0 Å². The minimum absolute atomic E-state index is 0.208. The first-order chi connectivity index (χ1) is 7.85. The van der Waals surface area contributed by atoms with Crippen LogP contribution in [0, 0.1) is 0 Å². The van der Waals surface area contributed by atoms with Crippen molar-refractivity contribution in [2.75, 3.05) is 0 Å². The molecule has 1 unspecified atom stereocenters. The van der Waals surface area contributed by atoms with Gasteiger partial charge in [0, 0.05) is 25.2 Å². The van der Waals surface area contributed by atoms with E-state index in [-0.39, 0.29) is 6.42 Å². The SMILES string of the molecule is CCc1cc(CC(CC(F)(F)F)NN)n(C)n1. The van der Waals surface area contributed by atoms with Crippen molar-refractivity contribution in [1.82, 2.24) is 15.2 Å². The Morgan fingerprint density at radius 3 is 2.59 bits per heavy atom. The number of hydrazine groups is 1. The number of hydrogen-bond acceptors (Lipinski definition) is 3. The molecule has 1 aromatic heterocycles. The highest BCUT2D eigenvalue weighted by Crippen LogP contribution is 2.23. The van der Waals surface area contributed by atoms with E-state index in [0.717, 1.165) is 17.8 Å². The van der Waals surface area contributed by atoms with E-state index in [0.29, 0.717) is 0 Å². The minimum atomic E-state index is -4.22. The highest BCUT2D eigenvalue weighted by Gasteiger charge is 2.31. The summed E-state index contributed by atoms with van der Waals surface area (Å²) < 4.78 is 38.3. The van der Waals surface area contributed by atoms with Crippen LogP contribution in [0.5, 0.6) is 0 Å². The Morgan fingerprint density at radius 1 is 1.53 bits per heavy atom. The summed E-state index contributed by atoms with van der Waals surface area (Å²) in [6.45, 7) is 1.94. The monoisotopic (exact) mass is 250 g/mol. The van der Waals surface area contributed by atoms with Crippen molar-refractivity contribution in [3.63, 3.8) is 0 Å². The van der Waals surface area contributed by atoms with Crippen LogP contribution in [0.3, 0.4) is 0 Å². The average molecular weight is 250 g/mol. The molecule has 3 N–H and O–H groups in total. The number of aromatic nitrogens is 2. The molecule has 0 spiro atoms. The zero-order valence-corrected chi connectivity index (χ0v) is 9.88. The third-order valence-corrected chi connectivity index (χ3v) is 2.56. The third-order valence-electron chi connectivity index (χ3n) is 2.56. The fourth-order valence-electron chi connectivity index (χ4n) is 1.66. The van der Waals surface area contributed by atoms with Crippen LogP contribution < -0.4 is 11.3 Å². The van der Waals surface area contributed by atoms with Gasteiger partial charge in [-0.15, -0.1) is 0 Å². The van der Waals surface area contributed by atoms with Gasteiger partial charge in [0.1, 0.15) is 0 Å². The average Bonchev–Trinajstić information content (AvgIpc) is 2.56. The normalized spacial score (nSPS) is 14.0. The van der Waals surface area contributed by atoms with E-state index < -0.39 is 18.6 Å². The molecule has 1 rings (SSSR count). The van der Waals surface area contributed by atoms with Crippen molar-refractivity contribution < 1.29 is 13.2 Å². The fraction of sp³-hybridized carbons (Fsp3) is 0.700. The Bertz CT molecular complexity index is 359. The lowest BCUT2D eigenvalue weighted by atomic mass is 10.1. The van der Waals surface area contributed by atoms with Gasteiger partial charge in [0.05, 0.1) is 12.1 Å². The number of nitrogens with two attached hydrogens (primary N) is 1. The van der Waals surface area contributed by atoms with E-state index in [4.69, 9.17) is 5.84 Å². The lowest BCUT2D eigenvalue weighted by molar-refractivity contribution is -0.140. The molecule has 0 amide bonds. The fourth-order valence-corrected chi connectivity index (χ4v) is 1.66. The predicted octanol–water partition coefficient (Wildman–Crippen LogP) is 1.31. The number of hydrogen-bond donors (Lipinski definition) is 2. The predicted molar refractivity (Wildman–Crippen MR) is 58.1 cm³/mol. The summed E-state index contributed by atoms with van der Waals surface area (Å²) >= 11 is 0. The topological polar surface area (TPSA) is 55.9 Å². The zero-order chi connectivity index (χ0) is 13.1. The Balaban J connectivity index is 2.70. The Hall–Kier alpha value is -1.08. The van der Waals surface area contributed by atoms with Gasteiger partial charge in [0.15, 0.2) is 0 Å². The van der Waals surface area contributed by atoms with Gasteiger partial charge in [0.25, 0.3) is 0 Å². The summed E-state index contributed by atoms with van der Waals surface area (Å²) in [7, 11) is 1.72. The lowest BCUT2D eigenvalue weighted by Gasteiger charge is -2.17. The second kappa shape index (κ2) is 5.50. The summed E-state index contributed by atoms with van der Waals surface area (Å²) in [4.78, 5) is 0. The summed E-state index contributed by atoms with van der Waals surface area (Å²) in [5.41, 5.74) is 3.81. The van der Waals surface area contributed by atoms with E-state index in [1.54, 1.807) is 17.8 Å². The van der Waals surface area contributed by atoms with Crippen LogP contribution in [-0.2, 0) is 19.9 Å². The summed E-state index contributed by atoms with van der Waals surface area (Å²) in [5.74, 6) is 5.14. The lowest BCUT2D eigenvalue weighted by Crippen LogP contribution is -2.40. The summed E-state index contributed by atoms with van der Waals surface area (Å²) in [6.07, 6.45) is -4.20. The maximum Gasteiger partial charge on any atom is 0.390 e. The van der Waals surface area contributed by atoms with Crippen LogP contribution in [0.4, 0.5) is 13.2 Å².